The summed E-state index contributed by atoms with van der Waals surface area (Å²) >= 11 is 0. The maximum atomic E-state index is 13.5. The molecule has 0 aliphatic heterocycles. The molecule has 0 aliphatic carbocycles. The zero-order valence-corrected chi connectivity index (χ0v) is 12.9. The van der Waals surface area contributed by atoms with Gasteiger partial charge in [-0.05, 0) is 49.6 Å². The Morgan fingerprint density at radius 3 is 2.52 bits per heavy atom. The molecule has 0 saturated heterocycles. The lowest BCUT2D eigenvalue weighted by atomic mass is 9.91. The first-order valence-electron chi connectivity index (χ1n) is 7.70. The summed E-state index contributed by atoms with van der Waals surface area (Å²) in [5, 5.41) is 3.46. The molecule has 2 aromatic rings. The first-order valence-corrected chi connectivity index (χ1v) is 7.70. The minimum atomic E-state index is -0.156. The summed E-state index contributed by atoms with van der Waals surface area (Å²) in [6.07, 6.45) is 2.04. The molecule has 0 aliphatic rings. The molecule has 2 rings (SSSR count). The lowest BCUT2D eigenvalue weighted by molar-refractivity contribution is 0.569. The van der Waals surface area contributed by atoms with Crippen LogP contribution in [0.1, 0.15) is 36.0 Å². The van der Waals surface area contributed by atoms with Gasteiger partial charge in [0.15, 0.2) is 0 Å². The van der Waals surface area contributed by atoms with Gasteiger partial charge in [0.1, 0.15) is 5.82 Å². The van der Waals surface area contributed by atoms with Crippen LogP contribution in [-0.4, -0.2) is 13.1 Å². The van der Waals surface area contributed by atoms with Crippen molar-refractivity contribution in [3.63, 3.8) is 0 Å². The van der Waals surface area contributed by atoms with E-state index in [1.807, 2.05) is 6.07 Å². The van der Waals surface area contributed by atoms with Crippen molar-refractivity contribution in [3.05, 3.63) is 71.0 Å². The van der Waals surface area contributed by atoms with Crippen LogP contribution in [-0.2, 0) is 6.42 Å². The molecule has 1 atom stereocenters. The average molecular weight is 285 g/mol. The Morgan fingerprint density at radius 1 is 1.10 bits per heavy atom. The molecule has 0 amide bonds. The molecule has 0 saturated carbocycles. The number of benzene rings is 2. The summed E-state index contributed by atoms with van der Waals surface area (Å²) < 4.78 is 13.5. The molecular formula is C19H24FN. The predicted octanol–water partition coefficient (Wildman–Crippen LogP) is 4.46. The fourth-order valence-electron chi connectivity index (χ4n) is 2.53. The van der Waals surface area contributed by atoms with E-state index in [1.54, 1.807) is 12.1 Å². The third-order valence-corrected chi connectivity index (χ3v) is 3.74. The summed E-state index contributed by atoms with van der Waals surface area (Å²) in [4.78, 5) is 0. The number of rotatable bonds is 7. The van der Waals surface area contributed by atoms with E-state index in [2.05, 4.69) is 43.4 Å². The highest BCUT2D eigenvalue weighted by atomic mass is 19.1. The quantitative estimate of drug-likeness (QED) is 0.741. The molecule has 0 bridgehead atoms. The first kappa shape index (κ1) is 15.7. The highest BCUT2D eigenvalue weighted by Crippen LogP contribution is 2.21. The van der Waals surface area contributed by atoms with E-state index in [-0.39, 0.29) is 5.82 Å². The van der Waals surface area contributed by atoms with Crippen LogP contribution in [0.15, 0.2) is 48.5 Å². The van der Waals surface area contributed by atoms with Crippen LogP contribution in [0.2, 0.25) is 0 Å². The zero-order chi connectivity index (χ0) is 15.1. The molecule has 1 nitrogen and oxygen atoms in total. The van der Waals surface area contributed by atoms with Crippen molar-refractivity contribution >= 4 is 0 Å². The first-order chi connectivity index (χ1) is 10.2. The van der Waals surface area contributed by atoms with E-state index in [4.69, 9.17) is 0 Å². The van der Waals surface area contributed by atoms with Crippen molar-refractivity contribution in [2.45, 2.75) is 32.6 Å². The summed E-state index contributed by atoms with van der Waals surface area (Å²) in [5.41, 5.74) is 3.64. The predicted molar refractivity (Wildman–Crippen MR) is 87.2 cm³/mol. The minimum absolute atomic E-state index is 0.156. The summed E-state index contributed by atoms with van der Waals surface area (Å²) in [7, 11) is 0. The maximum Gasteiger partial charge on any atom is 0.123 e. The van der Waals surface area contributed by atoms with E-state index in [9.17, 15) is 4.39 Å². The van der Waals surface area contributed by atoms with Crippen LogP contribution in [0, 0.1) is 12.7 Å². The number of aryl methyl sites for hydroxylation is 1. The van der Waals surface area contributed by atoms with Gasteiger partial charge in [0.2, 0.25) is 0 Å². The SMILES string of the molecule is CCCNCC(Cc1ccc(C)cc1)c1cccc(F)c1. The van der Waals surface area contributed by atoms with Crippen molar-refractivity contribution in [2.24, 2.45) is 0 Å². The Hall–Kier alpha value is -1.67. The molecule has 21 heavy (non-hydrogen) atoms. The monoisotopic (exact) mass is 285 g/mol. The van der Waals surface area contributed by atoms with Crippen molar-refractivity contribution in [1.82, 2.24) is 5.32 Å². The number of hydrogen-bond acceptors (Lipinski definition) is 1. The Labute approximate surface area is 127 Å². The Balaban J connectivity index is 2.13. The van der Waals surface area contributed by atoms with E-state index < -0.39 is 0 Å². The number of nitrogens with one attached hydrogen (secondary N) is 1. The summed E-state index contributed by atoms with van der Waals surface area (Å²) in [6, 6.07) is 15.6. The highest BCUT2D eigenvalue weighted by Gasteiger charge is 2.13. The van der Waals surface area contributed by atoms with Gasteiger partial charge in [-0.2, -0.15) is 0 Å². The standard InChI is InChI=1S/C19H24FN/c1-3-11-21-14-18(17-5-4-6-19(20)13-17)12-16-9-7-15(2)8-10-16/h4-10,13,18,21H,3,11-12,14H2,1-2H3. The summed E-state index contributed by atoms with van der Waals surface area (Å²) in [5.74, 6) is 0.145. The maximum absolute atomic E-state index is 13.5. The molecule has 0 radical (unpaired) electrons. The molecule has 1 unspecified atom stereocenters. The van der Waals surface area contributed by atoms with Gasteiger partial charge in [0.05, 0.1) is 0 Å². The molecule has 0 spiro atoms. The van der Waals surface area contributed by atoms with Crippen LogP contribution in [0.4, 0.5) is 4.39 Å². The lowest BCUT2D eigenvalue weighted by Gasteiger charge is -2.18. The normalized spacial score (nSPS) is 12.3. The topological polar surface area (TPSA) is 12.0 Å². The van der Waals surface area contributed by atoms with E-state index in [0.717, 1.165) is 31.5 Å². The van der Waals surface area contributed by atoms with Gasteiger partial charge >= 0.3 is 0 Å². The average Bonchev–Trinajstić information content (AvgIpc) is 2.48. The fraction of sp³-hybridized carbons (Fsp3) is 0.368. The van der Waals surface area contributed by atoms with E-state index in [0.29, 0.717) is 5.92 Å². The van der Waals surface area contributed by atoms with Gasteiger partial charge in [-0.1, -0.05) is 48.9 Å². The van der Waals surface area contributed by atoms with E-state index in [1.165, 1.54) is 17.2 Å². The smallest absolute Gasteiger partial charge is 0.123 e. The second-order valence-corrected chi connectivity index (χ2v) is 5.65. The third kappa shape index (κ3) is 4.98. The van der Waals surface area contributed by atoms with Crippen molar-refractivity contribution in [1.29, 1.82) is 0 Å². The number of hydrogen-bond donors (Lipinski definition) is 1. The van der Waals surface area contributed by atoms with Crippen molar-refractivity contribution in [2.75, 3.05) is 13.1 Å². The molecule has 0 aromatic heterocycles. The van der Waals surface area contributed by atoms with Gasteiger partial charge in [0, 0.05) is 12.5 Å². The Morgan fingerprint density at radius 2 is 1.86 bits per heavy atom. The van der Waals surface area contributed by atoms with Crippen molar-refractivity contribution in [3.8, 4) is 0 Å². The molecule has 0 heterocycles. The van der Waals surface area contributed by atoms with Gasteiger partial charge < -0.3 is 5.32 Å². The second-order valence-electron chi connectivity index (χ2n) is 5.65. The van der Waals surface area contributed by atoms with Crippen LogP contribution in [0.5, 0.6) is 0 Å². The molecule has 112 valence electrons. The van der Waals surface area contributed by atoms with Gasteiger partial charge in [0.25, 0.3) is 0 Å². The Kier molecular flexibility index (Phi) is 5.94. The molecule has 0 fully saturated rings. The molecular weight excluding hydrogens is 261 g/mol. The van der Waals surface area contributed by atoms with Gasteiger partial charge in [-0.25, -0.2) is 4.39 Å². The second kappa shape index (κ2) is 7.94. The third-order valence-electron chi connectivity index (χ3n) is 3.74. The molecule has 2 heteroatoms. The Bertz CT molecular complexity index is 548. The highest BCUT2D eigenvalue weighted by molar-refractivity contribution is 5.27. The van der Waals surface area contributed by atoms with Crippen molar-refractivity contribution < 1.29 is 4.39 Å². The van der Waals surface area contributed by atoms with Crippen LogP contribution in [0.3, 0.4) is 0 Å². The zero-order valence-electron chi connectivity index (χ0n) is 12.9. The van der Waals surface area contributed by atoms with E-state index >= 15 is 0 Å². The van der Waals surface area contributed by atoms with Crippen LogP contribution < -0.4 is 5.32 Å². The largest absolute Gasteiger partial charge is 0.316 e. The molecule has 1 N–H and O–H groups in total. The van der Waals surface area contributed by atoms with Gasteiger partial charge in [-0.3, -0.25) is 0 Å². The van der Waals surface area contributed by atoms with Crippen LogP contribution in [0.25, 0.3) is 0 Å². The molecule has 2 aromatic carbocycles. The fourth-order valence-corrected chi connectivity index (χ4v) is 2.53. The summed E-state index contributed by atoms with van der Waals surface area (Å²) in [6.45, 7) is 6.13. The minimum Gasteiger partial charge on any atom is -0.316 e. The van der Waals surface area contributed by atoms with Gasteiger partial charge in [-0.15, -0.1) is 0 Å². The number of halogens is 1. The van der Waals surface area contributed by atoms with Crippen LogP contribution >= 0.6 is 0 Å². The lowest BCUT2D eigenvalue weighted by Crippen LogP contribution is -2.23.